The van der Waals surface area contributed by atoms with Crippen molar-refractivity contribution in [3.05, 3.63) is 39.7 Å². The van der Waals surface area contributed by atoms with Gasteiger partial charge in [0.1, 0.15) is 11.3 Å². The molecule has 0 aliphatic carbocycles. The molecule has 3 aromatic rings. The van der Waals surface area contributed by atoms with Crippen LogP contribution in [0.4, 0.5) is 5.13 Å². The minimum atomic E-state index is -0.252. The van der Waals surface area contributed by atoms with Gasteiger partial charge in [-0.2, -0.15) is 0 Å². The molecule has 0 spiro atoms. The molecule has 2 aromatic heterocycles. The van der Waals surface area contributed by atoms with Crippen LogP contribution in [0.15, 0.2) is 33.4 Å². The highest BCUT2D eigenvalue weighted by molar-refractivity contribution is 9.10. The smallest absolute Gasteiger partial charge is 0.295 e. The number of carbonyl (C=O) groups excluding carboxylic acids is 1. The van der Waals surface area contributed by atoms with Crippen molar-refractivity contribution < 1.29 is 18.7 Å². The Bertz CT molecular complexity index is 1020. The zero-order chi connectivity index (χ0) is 20.4. The summed E-state index contributed by atoms with van der Waals surface area (Å²) in [5.74, 6) is 0.613. The third kappa shape index (κ3) is 4.92. The van der Waals surface area contributed by atoms with E-state index >= 15 is 0 Å². The van der Waals surface area contributed by atoms with E-state index in [-0.39, 0.29) is 24.1 Å². The minimum Gasteiger partial charge on any atom is -0.494 e. The van der Waals surface area contributed by atoms with Gasteiger partial charge in [-0.3, -0.25) is 14.6 Å². The van der Waals surface area contributed by atoms with Gasteiger partial charge in [-0.15, -0.1) is 12.4 Å². The lowest BCUT2D eigenvalue weighted by Gasteiger charge is -2.28. The summed E-state index contributed by atoms with van der Waals surface area (Å²) in [4.78, 5) is 21.8. The van der Waals surface area contributed by atoms with E-state index in [1.807, 2.05) is 0 Å². The molecule has 1 aliphatic rings. The molecule has 7 nitrogen and oxygen atoms in total. The van der Waals surface area contributed by atoms with Gasteiger partial charge in [0.15, 0.2) is 15.6 Å². The number of nitrogens with zero attached hydrogens (tertiary/aromatic N) is 3. The number of amides is 1. The van der Waals surface area contributed by atoms with Crippen LogP contribution in [-0.4, -0.2) is 62.3 Å². The first kappa shape index (κ1) is 23.3. The van der Waals surface area contributed by atoms with Gasteiger partial charge in [-0.1, -0.05) is 22.9 Å². The van der Waals surface area contributed by atoms with Crippen LogP contribution in [0.1, 0.15) is 10.6 Å². The van der Waals surface area contributed by atoms with E-state index < -0.39 is 0 Å². The largest absolute Gasteiger partial charge is 0.494 e. The molecule has 0 N–H and O–H groups in total. The zero-order valence-corrected chi connectivity index (χ0v) is 20.1. The van der Waals surface area contributed by atoms with Crippen molar-refractivity contribution in [2.75, 3.05) is 51.4 Å². The van der Waals surface area contributed by atoms with Crippen molar-refractivity contribution in [1.29, 1.82) is 0 Å². The number of carbonyl (C=O) groups is 1. The van der Waals surface area contributed by atoms with E-state index in [4.69, 9.17) is 25.5 Å². The number of hydrogen-bond donors (Lipinski definition) is 0. The first-order chi connectivity index (χ1) is 14.1. The van der Waals surface area contributed by atoms with Crippen molar-refractivity contribution in [1.82, 2.24) is 9.88 Å². The summed E-state index contributed by atoms with van der Waals surface area (Å²) in [5.41, 5.74) is 0.643. The quantitative estimate of drug-likeness (QED) is 0.454. The van der Waals surface area contributed by atoms with Crippen molar-refractivity contribution in [3.8, 4) is 5.75 Å². The van der Waals surface area contributed by atoms with Gasteiger partial charge >= 0.3 is 0 Å². The number of aromatic nitrogens is 1. The molecule has 0 bridgehead atoms. The number of ether oxygens (including phenoxy) is 2. The number of fused-ring (bicyclic) bond motifs is 1. The van der Waals surface area contributed by atoms with Gasteiger partial charge in [-0.25, -0.2) is 4.98 Å². The molecule has 30 heavy (non-hydrogen) atoms. The van der Waals surface area contributed by atoms with Crippen LogP contribution in [-0.2, 0) is 4.74 Å². The van der Waals surface area contributed by atoms with E-state index in [1.165, 1.54) is 11.3 Å². The normalized spacial score (nSPS) is 14.5. The van der Waals surface area contributed by atoms with E-state index in [9.17, 15) is 4.79 Å². The molecule has 11 heteroatoms. The number of hydrogen-bond acceptors (Lipinski definition) is 7. The maximum absolute atomic E-state index is 13.2. The topological polar surface area (TPSA) is 68.0 Å². The second-order valence-electron chi connectivity index (χ2n) is 6.44. The van der Waals surface area contributed by atoms with Gasteiger partial charge in [0.2, 0.25) is 0 Å². The Hall–Kier alpha value is -1.36. The van der Waals surface area contributed by atoms with Crippen molar-refractivity contribution >= 4 is 72.5 Å². The Kier molecular flexibility index (Phi) is 8.00. The third-order valence-corrected chi connectivity index (χ3v) is 6.64. The van der Waals surface area contributed by atoms with Crippen LogP contribution in [0.25, 0.3) is 10.2 Å². The summed E-state index contributed by atoms with van der Waals surface area (Å²) < 4.78 is 17.6. The molecule has 0 unspecified atom stereocenters. The van der Waals surface area contributed by atoms with Gasteiger partial charge in [0, 0.05) is 26.2 Å². The molecule has 1 amide bonds. The number of anilines is 1. The summed E-state index contributed by atoms with van der Waals surface area (Å²) >= 11 is 11.0. The number of methoxy groups -OCH3 is 1. The van der Waals surface area contributed by atoms with Gasteiger partial charge in [0.05, 0.1) is 30.0 Å². The van der Waals surface area contributed by atoms with Crippen LogP contribution in [0.3, 0.4) is 0 Å². The molecule has 162 valence electrons. The summed E-state index contributed by atoms with van der Waals surface area (Å²) in [6.45, 7) is 4.26. The average molecular weight is 537 g/mol. The Morgan fingerprint density at radius 3 is 2.77 bits per heavy atom. The molecule has 1 fully saturated rings. The zero-order valence-electron chi connectivity index (χ0n) is 16.1. The number of morpholine rings is 1. The summed E-state index contributed by atoms with van der Waals surface area (Å²) in [6, 6.07) is 6.90. The highest BCUT2D eigenvalue weighted by Crippen LogP contribution is 2.39. The molecule has 4 rings (SSSR count). The molecule has 1 aromatic carbocycles. The third-order valence-electron chi connectivity index (χ3n) is 4.67. The Morgan fingerprint density at radius 2 is 2.10 bits per heavy atom. The molecular weight excluding hydrogens is 517 g/mol. The molecule has 1 aliphatic heterocycles. The highest BCUT2D eigenvalue weighted by Gasteiger charge is 2.26. The van der Waals surface area contributed by atoms with E-state index in [1.54, 1.807) is 36.3 Å². The number of thiazole rings is 1. The predicted octanol–water partition coefficient (Wildman–Crippen LogP) is 4.71. The maximum Gasteiger partial charge on any atom is 0.295 e. The molecular formula is C19H20BrCl2N3O4S. The fraction of sp³-hybridized carbons (Fsp3) is 0.368. The summed E-state index contributed by atoms with van der Waals surface area (Å²) in [6.07, 6.45) is 0. The fourth-order valence-corrected chi connectivity index (χ4v) is 4.72. The minimum absolute atomic E-state index is 0. The molecule has 0 saturated carbocycles. The lowest BCUT2D eigenvalue weighted by Crippen LogP contribution is -2.43. The van der Waals surface area contributed by atoms with Crippen LogP contribution in [0, 0.1) is 0 Å². The van der Waals surface area contributed by atoms with E-state index in [0.29, 0.717) is 52.4 Å². The number of rotatable bonds is 6. The number of furan rings is 1. The first-order valence-electron chi connectivity index (χ1n) is 9.07. The molecule has 3 heterocycles. The van der Waals surface area contributed by atoms with E-state index in [0.717, 1.165) is 17.8 Å². The molecule has 0 atom stereocenters. The Labute approximate surface area is 197 Å². The van der Waals surface area contributed by atoms with E-state index in [2.05, 4.69) is 25.8 Å². The standard InChI is InChI=1S/C19H19BrClN3O4S.ClH/c1-26-13-3-2-12(21)17-16(13)22-19(29-17)24(7-6-23-8-10-27-11-9-23)18(25)14-4-5-15(20)28-14;/h2-5H,6-11H2,1H3;1H. The van der Waals surface area contributed by atoms with Gasteiger partial charge in [0.25, 0.3) is 5.91 Å². The summed E-state index contributed by atoms with van der Waals surface area (Å²) in [5, 5.41) is 1.13. The van der Waals surface area contributed by atoms with Crippen molar-refractivity contribution in [2.45, 2.75) is 0 Å². The maximum atomic E-state index is 13.2. The van der Waals surface area contributed by atoms with Gasteiger partial charge < -0.3 is 13.9 Å². The van der Waals surface area contributed by atoms with Crippen LogP contribution < -0.4 is 9.64 Å². The molecule has 1 saturated heterocycles. The summed E-state index contributed by atoms with van der Waals surface area (Å²) in [7, 11) is 1.59. The van der Waals surface area contributed by atoms with Crippen molar-refractivity contribution in [3.63, 3.8) is 0 Å². The predicted molar refractivity (Wildman–Crippen MR) is 124 cm³/mol. The second kappa shape index (κ2) is 10.3. The lowest BCUT2D eigenvalue weighted by molar-refractivity contribution is 0.0390. The first-order valence-corrected chi connectivity index (χ1v) is 11.1. The van der Waals surface area contributed by atoms with Crippen LogP contribution in [0.5, 0.6) is 5.75 Å². The second-order valence-corrected chi connectivity index (χ2v) is 8.60. The SMILES string of the molecule is COc1ccc(Cl)c2sc(N(CCN3CCOCC3)C(=O)c3ccc(Br)o3)nc12.Cl. The van der Waals surface area contributed by atoms with Crippen LogP contribution >= 0.6 is 51.3 Å². The fourth-order valence-electron chi connectivity index (χ4n) is 3.13. The van der Waals surface area contributed by atoms with Gasteiger partial charge in [-0.05, 0) is 40.2 Å². The highest BCUT2D eigenvalue weighted by atomic mass is 79.9. The number of benzene rings is 1. The lowest BCUT2D eigenvalue weighted by atomic mass is 10.3. The van der Waals surface area contributed by atoms with Crippen molar-refractivity contribution in [2.24, 2.45) is 0 Å². The monoisotopic (exact) mass is 535 g/mol. The number of halogens is 3. The van der Waals surface area contributed by atoms with Crippen LogP contribution in [0.2, 0.25) is 5.02 Å². The molecule has 0 radical (unpaired) electrons. The Balaban J connectivity index is 0.00000256. The average Bonchev–Trinajstić information content (AvgIpc) is 3.36. The Morgan fingerprint density at radius 1 is 1.33 bits per heavy atom.